The van der Waals surface area contributed by atoms with Gasteiger partial charge in [-0.25, -0.2) is 0 Å². The Morgan fingerprint density at radius 2 is 1.81 bits per heavy atom. The Morgan fingerprint density at radius 3 is 2.62 bits per heavy atom. The van der Waals surface area contributed by atoms with Crippen LogP contribution in [0.1, 0.15) is 0 Å². The van der Waals surface area contributed by atoms with E-state index in [9.17, 15) is 0 Å². The van der Waals surface area contributed by atoms with Gasteiger partial charge in [-0.05, 0) is 35.6 Å². The summed E-state index contributed by atoms with van der Waals surface area (Å²) in [6.45, 7) is 3.80. The molecule has 0 saturated carbocycles. The third-order valence-electron chi connectivity index (χ3n) is 2.98. The smallest absolute Gasteiger partial charge is 0.115 e. The molecule has 5 nitrogen and oxygen atoms in total. The molecule has 0 saturated heterocycles. The SMILES string of the molecule is C=C/C(=C\Nn1nnc2ccccc21)Nc1ccccc1. The number of rotatable bonds is 5. The summed E-state index contributed by atoms with van der Waals surface area (Å²) in [5.74, 6) is 0. The maximum Gasteiger partial charge on any atom is 0.115 e. The van der Waals surface area contributed by atoms with Crippen LogP contribution in [0.25, 0.3) is 11.0 Å². The average Bonchev–Trinajstić information content (AvgIpc) is 2.96. The van der Waals surface area contributed by atoms with Crippen LogP contribution in [-0.4, -0.2) is 15.1 Å². The van der Waals surface area contributed by atoms with E-state index < -0.39 is 0 Å². The number of aromatic nitrogens is 3. The number of allylic oxidation sites excluding steroid dienone is 1. The minimum absolute atomic E-state index is 0.834. The van der Waals surface area contributed by atoms with E-state index in [2.05, 4.69) is 27.6 Å². The van der Waals surface area contributed by atoms with Gasteiger partial charge in [-0.1, -0.05) is 36.9 Å². The molecular weight excluding hydrogens is 262 g/mol. The van der Waals surface area contributed by atoms with Crippen LogP contribution in [0.3, 0.4) is 0 Å². The lowest BCUT2D eigenvalue weighted by Crippen LogP contribution is -2.12. The van der Waals surface area contributed by atoms with E-state index in [1.54, 1.807) is 17.1 Å². The average molecular weight is 277 g/mol. The number of anilines is 1. The van der Waals surface area contributed by atoms with Gasteiger partial charge in [0.05, 0.1) is 5.70 Å². The lowest BCUT2D eigenvalue weighted by Gasteiger charge is -2.08. The summed E-state index contributed by atoms with van der Waals surface area (Å²) in [5.41, 5.74) is 6.67. The minimum Gasteiger partial charge on any atom is -0.354 e. The molecule has 0 aliphatic carbocycles. The van der Waals surface area contributed by atoms with Gasteiger partial charge in [0, 0.05) is 11.9 Å². The Hall–Kier alpha value is -3.08. The zero-order valence-electron chi connectivity index (χ0n) is 11.4. The van der Waals surface area contributed by atoms with Crippen LogP contribution >= 0.6 is 0 Å². The fraction of sp³-hybridized carbons (Fsp3) is 0. The maximum atomic E-state index is 4.08. The summed E-state index contributed by atoms with van der Waals surface area (Å²) in [7, 11) is 0. The van der Waals surface area contributed by atoms with Crippen molar-refractivity contribution in [3.63, 3.8) is 0 Å². The second kappa shape index (κ2) is 5.92. The van der Waals surface area contributed by atoms with Crippen LogP contribution in [0.4, 0.5) is 5.69 Å². The molecule has 21 heavy (non-hydrogen) atoms. The first-order chi connectivity index (χ1) is 10.4. The predicted octanol–water partition coefficient (Wildman–Crippen LogP) is 3.11. The lowest BCUT2D eigenvalue weighted by atomic mass is 10.3. The first-order valence-corrected chi connectivity index (χ1v) is 6.58. The molecule has 1 heterocycles. The summed E-state index contributed by atoms with van der Waals surface area (Å²) in [6, 6.07) is 17.7. The molecule has 5 heteroatoms. The maximum absolute atomic E-state index is 4.08. The van der Waals surface area contributed by atoms with Crippen molar-refractivity contribution in [1.29, 1.82) is 0 Å². The molecule has 0 radical (unpaired) electrons. The predicted molar refractivity (Wildman–Crippen MR) is 85.2 cm³/mol. The molecule has 0 aliphatic rings. The zero-order valence-corrected chi connectivity index (χ0v) is 11.4. The highest BCUT2D eigenvalue weighted by atomic mass is 15.6. The van der Waals surface area contributed by atoms with Crippen LogP contribution in [0.15, 0.2) is 79.1 Å². The molecule has 0 atom stereocenters. The Labute approximate surface area is 122 Å². The molecule has 0 spiro atoms. The summed E-state index contributed by atoms with van der Waals surface area (Å²) in [5, 5.41) is 11.4. The van der Waals surface area contributed by atoms with Gasteiger partial charge in [0.2, 0.25) is 0 Å². The molecule has 0 fully saturated rings. The Balaban J connectivity index is 1.78. The highest BCUT2D eigenvalue weighted by molar-refractivity contribution is 5.74. The van der Waals surface area contributed by atoms with Gasteiger partial charge >= 0.3 is 0 Å². The van der Waals surface area contributed by atoms with Gasteiger partial charge in [0.25, 0.3) is 0 Å². The van der Waals surface area contributed by atoms with E-state index in [1.165, 1.54) is 0 Å². The molecule has 3 aromatic rings. The number of hydrogen-bond acceptors (Lipinski definition) is 4. The van der Waals surface area contributed by atoms with Crippen molar-refractivity contribution in [2.24, 2.45) is 0 Å². The zero-order chi connectivity index (χ0) is 14.5. The molecule has 104 valence electrons. The molecule has 0 amide bonds. The Kier molecular flexibility index (Phi) is 3.64. The van der Waals surface area contributed by atoms with E-state index in [0.717, 1.165) is 22.4 Å². The summed E-state index contributed by atoms with van der Waals surface area (Å²) in [4.78, 5) is 1.62. The Bertz CT molecular complexity index is 773. The topological polar surface area (TPSA) is 54.8 Å². The van der Waals surface area contributed by atoms with Crippen molar-refractivity contribution in [2.45, 2.75) is 0 Å². The number of hydrogen-bond donors (Lipinski definition) is 2. The summed E-state index contributed by atoms with van der Waals surface area (Å²) < 4.78 is 0. The number of fused-ring (bicyclic) bond motifs is 1. The molecule has 1 aromatic heterocycles. The van der Waals surface area contributed by atoms with E-state index in [4.69, 9.17) is 0 Å². The highest BCUT2D eigenvalue weighted by Crippen LogP contribution is 2.10. The number of benzene rings is 2. The molecule has 2 aromatic carbocycles. The quantitative estimate of drug-likeness (QED) is 0.704. The first kappa shape index (κ1) is 12.9. The molecule has 0 aliphatic heterocycles. The van der Waals surface area contributed by atoms with E-state index in [0.29, 0.717) is 0 Å². The van der Waals surface area contributed by atoms with Crippen molar-refractivity contribution >= 4 is 16.7 Å². The van der Waals surface area contributed by atoms with Gasteiger partial charge in [-0.2, -0.15) is 4.79 Å². The summed E-state index contributed by atoms with van der Waals surface area (Å²) in [6.07, 6.45) is 3.53. The lowest BCUT2D eigenvalue weighted by molar-refractivity contribution is 0.761. The number of nitrogens with zero attached hydrogens (tertiary/aromatic N) is 3. The van der Waals surface area contributed by atoms with E-state index in [1.807, 2.05) is 54.6 Å². The van der Waals surface area contributed by atoms with Gasteiger partial charge in [0.1, 0.15) is 11.0 Å². The number of nitrogens with one attached hydrogen (secondary N) is 2. The van der Waals surface area contributed by atoms with Gasteiger partial charge < -0.3 is 5.32 Å². The van der Waals surface area contributed by atoms with Crippen LogP contribution < -0.4 is 10.7 Å². The third-order valence-corrected chi connectivity index (χ3v) is 2.98. The second-order valence-electron chi connectivity index (χ2n) is 4.41. The Morgan fingerprint density at radius 1 is 1.05 bits per heavy atom. The van der Waals surface area contributed by atoms with Crippen LogP contribution in [0.2, 0.25) is 0 Å². The molecule has 3 rings (SSSR count). The van der Waals surface area contributed by atoms with Crippen molar-refractivity contribution in [1.82, 2.24) is 15.1 Å². The first-order valence-electron chi connectivity index (χ1n) is 6.58. The largest absolute Gasteiger partial charge is 0.354 e. The van der Waals surface area contributed by atoms with Crippen molar-refractivity contribution in [3.05, 3.63) is 79.1 Å². The van der Waals surface area contributed by atoms with Crippen LogP contribution in [0.5, 0.6) is 0 Å². The highest BCUT2D eigenvalue weighted by Gasteiger charge is 2.01. The van der Waals surface area contributed by atoms with Crippen LogP contribution in [-0.2, 0) is 0 Å². The molecule has 0 bridgehead atoms. The van der Waals surface area contributed by atoms with Crippen molar-refractivity contribution in [3.8, 4) is 0 Å². The van der Waals surface area contributed by atoms with Crippen LogP contribution in [0, 0.1) is 0 Å². The minimum atomic E-state index is 0.834. The monoisotopic (exact) mass is 277 g/mol. The van der Waals surface area contributed by atoms with E-state index >= 15 is 0 Å². The fourth-order valence-electron chi connectivity index (χ4n) is 1.93. The third kappa shape index (κ3) is 2.92. The molecule has 2 N–H and O–H groups in total. The van der Waals surface area contributed by atoms with Crippen molar-refractivity contribution < 1.29 is 0 Å². The molecule has 0 unspecified atom stereocenters. The summed E-state index contributed by atoms with van der Waals surface area (Å²) >= 11 is 0. The van der Waals surface area contributed by atoms with Gasteiger partial charge in [0.15, 0.2) is 0 Å². The normalized spacial score (nSPS) is 11.3. The van der Waals surface area contributed by atoms with Gasteiger partial charge in [-0.3, -0.25) is 5.43 Å². The van der Waals surface area contributed by atoms with Crippen molar-refractivity contribution in [2.75, 3.05) is 10.7 Å². The fourth-order valence-corrected chi connectivity index (χ4v) is 1.93. The standard InChI is InChI=1S/C16H15N5/c1-2-13(18-14-8-4-3-5-9-14)12-17-21-16-11-7-6-10-15(16)19-20-21/h2-12,17-18H,1H2/b13-12+. The number of para-hydroxylation sites is 2. The second-order valence-corrected chi connectivity index (χ2v) is 4.41. The van der Waals surface area contributed by atoms with E-state index in [-0.39, 0.29) is 0 Å². The van der Waals surface area contributed by atoms with Gasteiger partial charge in [-0.15, -0.1) is 5.10 Å². The molecular formula is C16H15N5.